The predicted octanol–water partition coefficient (Wildman–Crippen LogP) is 5.42. The van der Waals surface area contributed by atoms with Crippen molar-refractivity contribution in [1.82, 2.24) is 4.98 Å². The molecule has 0 saturated heterocycles. The van der Waals surface area contributed by atoms with Crippen LogP contribution < -0.4 is 10.1 Å². The number of hydrogen-bond acceptors (Lipinski definition) is 6. The summed E-state index contributed by atoms with van der Waals surface area (Å²) in [5.41, 5.74) is 1.56. The van der Waals surface area contributed by atoms with Crippen molar-refractivity contribution >= 4 is 27.5 Å². The van der Waals surface area contributed by atoms with Gasteiger partial charge in [0.1, 0.15) is 11.6 Å². The normalized spacial score (nSPS) is 13.8. The summed E-state index contributed by atoms with van der Waals surface area (Å²) in [6, 6.07) is 17.6. The molecule has 1 unspecified atom stereocenters. The average Bonchev–Trinajstić information content (AvgIpc) is 3.80. The van der Waals surface area contributed by atoms with Crippen LogP contribution in [0.25, 0.3) is 11.1 Å². The fourth-order valence-corrected chi connectivity index (χ4v) is 5.69. The number of hydrogen-bond donors (Lipinski definition) is 2. The first-order valence-electron chi connectivity index (χ1n) is 12.2. The van der Waals surface area contributed by atoms with Crippen LogP contribution in [0.3, 0.4) is 0 Å². The van der Waals surface area contributed by atoms with Crippen molar-refractivity contribution in [2.45, 2.75) is 29.1 Å². The molecule has 1 fully saturated rings. The molecule has 5 rings (SSSR count). The number of ether oxygens (including phenoxy) is 1. The molecule has 204 valence electrons. The minimum absolute atomic E-state index is 0.107. The number of amides is 1. The summed E-state index contributed by atoms with van der Waals surface area (Å²) in [7, 11) is -3.47. The van der Waals surface area contributed by atoms with Crippen molar-refractivity contribution in [3.8, 4) is 16.9 Å². The number of aromatic nitrogens is 1. The Bertz CT molecular complexity index is 1690. The van der Waals surface area contributed by atoms with E-state index < -0.39 is 44.7 Å². The van der Waals surface area contributed by atoms with Crippen LogP contribution in [-0.4, -0.2) is 35.6 Å². The zero-order valence-electron chi connectivity index (χ0n) is 20.8. The minimum Gasteiger partial charge on any atom is -0.478 e. The minimum atomic E-state index is -3.47. The zero-order chi connectivity index (χ0) is 28.4. The number of benzene rings is 3. The van der Waals surface area contributed by atoms with Crippen LogP contribution in [-0.2, 0) is 14.6 Å². The van der Waals surface area contributed by atoms with E-state index in [2.05, 4.69) is 10.3 Å². The monoisotopic (exact) mass is 564 g/mol. The number of halogens is 2. The Morgan fingerprint density at radius 1 is 0.950 bits per heavy atom. The summed E-state index contributed by atoms with van der Waals surface area (Å²) in [6.45, 7) is 0. The summed E-state index contributed by atoms with van der Waals surface area (Å²) in [4.78, 5) is 28.9. The second-order valence-electron chi connectivity index (χ2n) is 9.19. The van der Waals surface area contributed by atoms with Gasteiger partial charge in [0.05, 0.1) is 15.7 Å². The molecule has 1 aliphatic rings. The molecule has 3 aromatic carbocycles. The van der Waals surface area contributed by atoms with E-state index in [9.17, 15) is 31.9 Å². The van der Waals surface area contributed by atoms with E-state index in [1.807, 2.05) is 0 Å². The van der Waals surface area contributed by atoms with Crippen molar-refractivity contribution in [2.24, 2.45) is 0 Å². The Kier molecular flexibility index (Phi) is 7.31. The molecule has 0 radical (unpaired) electrons. The molecule has 1 aromatic heterocycles. The largest absolute Gasteiger partial charge is 0.478 e. The Morgan fingerprint density at radius 3 is 2.33 bits per heavy atom. The number of anilines is 1. The molecule has 11 heteroatoms. The number of carboxylic acids is 1. The smallest absolute Gasteiger partial charge is 0.335 e. The Morgan fingerprint density at radius 2 is 1.70 bits per heavy atom. The van der Waals surface area contributed by atoms with Crippen LogP contribution in [0.4, 0.5) is 14.6 Å². The number of rotatable bonds is 9. The van der Waals surface area contributed by atoms with Gasteiger partial charge in [0.25, 0.3) is 5.91 Å². The Balaban J connectivity index is 1.40. The lowest BCUT2D eigenvalue weighted by Gasteiger charge is -2.20. The molecule has 2 N–H and O–H groups in total. The summed E-state index contributed by atoms with van der Waals surface area (Å²) in [5.74, 6) is -3.90. The van der Waals surface area contributed by atoms with Crippen molar-refractivity contribution in [1.29, 1.82) is 0 Å². The van der Waals surface area contributed by atoms with Gasteiger partial charge in [0.15, 0.2) is 21.4 Å². The maximum atomic E-state index is 14.4. The third-order valence-electron chi connectivity index (χ3n) is 6.31. The number of carboxylic acid groups (broad SMARTS) is 1. The van der Waals surface area contributed by atoms with Crippen LogP contribution in [0, 0.1) is 11.6 Å². The maximum absolute atomic E-state index is 14.4. The molecular formula is C29H22F2N2O6S. The van der Waals surface area contributed by atoms with Gasteiger partial charge >= 0.3 is 5.97 Å². The lowest BCUT2D eigenvalue weighted by Crippen LogP contribution is -2.26. The summed E-state index contributed by atoms with van der Waals surface area (Å²) >= 11 is 0. The fourth-order valence-electron chi connectivity index (χ4n) is 4.04. The van der Waals surface area contributed by atoms with Crippen molar-refractivity contribution in [3.63, 3.8) is 0 Å². The molecule has 1 heterocycles. The SMILES string of the molecule is O=C(O)c1cccc(-c2ccc(NC(=O)C(Oc3ccc(F)cc3F)c3ccc(S(=O)(=O)C4CC4)cc3)nc2)c1. The summed E-state index contributed by atoms with van der Waals surface area (Å²) in [6.07, 6.45) is 1.20. The number of aromatic carboxylic acids is 1. The van der Waals surface area contributed by atoms with Gasteiger partial charge < -0.3 is 15.2 Å². The number of sulfone groups is 1. The molecule has 0 aliphatic heterocycles. The first-order valence-corrected chi connectivity index (χ1v) is 13.7. The van der Waals surface area contributed by atoms with Crippen LogP contribution in [0.15, 0.2) is 90.0 Å². The van der Waals surface area contributed by atoms with Gasteiger partial charge in [-0.1, -0.05) is 24.3 Å². The van der Waals surface area contributed by atoms with Crippen LogP contribution in [0.2, 0.25) is 0 Å². The van der Waals surface area contributed by atoms with Gasteiger partial charge in [-0.15, -0.1) is 0 Å². The quantitative estimate of drug-likeness (QED) is 0.278. The second-order valence-corrected chi connectivity index (χ2v) is 11.4. The van der Waals surface area contributed by atoms with E-state index in [1.54, 1.807) is 18.2 Å². The van der Waals surface area contributed by atoms with E-state index in [1.165, 1.54) is 48.7 Å². The molecule has 1 saturated carbocycles. The second kappa shape index (κ2) is 10.9. The fraction of sp³-hybridized carbons (Fsp3) is 0.138. The zero-order valence-corrected chi connectivity index (χ0v) is 21.6. The van der Waals surface area contributed by atoms with Crippen LogP contribution in [0.5, 0.6) is 5.75 Å². The Hall–Kier alpha value is -4.64. The lowest BCUT2D eigenvalue weighted by molar-refractivity contribution is -0.123. The van der Waals surface area contributed by atoms with Crippen molar-refractivity contribution in [2.75, 3.05) is 5.32 Å². The van der Waals surface area contributed by atoms with Gasteiger partial charge in [-0.05, 0) is 66.9 Å². The molecule has 0 spiro atoms. The van der Waals surface area contributed by atoms with Crippen molar-refractivity contribution in [3.05, 3.63) is 108 Å². The average molecular weight is 565 g/mol. The number of nitrogens with one attached hydrogen (secondary N) is 1. The topological polar surface area (TPSA) is 123 Å². The van der Waals surface area contributed by atoms with Gasteiger partial charge in [0.2, 0.25) is 6.10 Å². The third kappa shape index (κ3) is 5.84. The van der Waals surface area contributed by atoms with E-state index in [0.29, 0.717) is 30.0 Å². The predicted molar refractivity (Wildman–Crippen MR) is 142 cm³/mol. The highest BCUT2D eigenvalue weighted by Crippen LogP contribution is 2.34. The van der Waals surface area contributed by atoms with Crippen LogP contribution in [0.1, 0.15) is 34.9 Å². The van der Waals surface area contributed by atoms with Gasteiger partial charge in [-0.2, -0.15) is 0 Å². The summed E-state index contributed by atoms with van der Waals surface area (Å²) < 4.78 is 58.6. The van der Waals surface area contributed by atoms with E-state index >= 15 is 0 Å². The molecule has 4 aromatic rings. The third-order valence-corrected chi connectivity index (χ3v) is 8.59. The van der Waals surface area contributed by atoms with Gasteiger partial charge in [-0.3, -0.25) is 4.79 Å². The number of nitrogens with zero attached hydrogens (tertiary/aromatic N) is 1. The molecule has 0 bridgehead atoms. The lowest BCUT2D eigenvalue weighted by atomic mass is 10.0. The van der Waals surface area contributed by atoms with E-state index in [-0.39, 0.29) is 27.6 Å². The summed E-state index contributed by atoms with van der Waals surface area (Å²) in [5, 5.41) is 11.4. The first-order chi connectivity index (χ1) is 19.1. The van der Waals surface area contributed by atoms with E-state index in [4.69, 9.17) is 4.74 Å². The molecule has 1 aliphatic carbocycles. The number of carbonyl (C=O) groups is 2. The maximum Gasteiger partial charge on any atom is 0.335 e. The Labute approximate surface area is 228 Å². The highest BCUT2D eigenvalue weighted by molar-refractivity contribution is 7.92. The highest BCUT2D eigenvalue weighted by Gasteiger charge is 2.37. The van der Waals surface area contributed by atoms with Gasteiger partial charge in [0, 0.05) is 23.4 Å². The standard InChI is InChI=1S/C29H22F2N2O6S/c30-21-7-12-25(24(31)15-21)39-27(17-4-8-22(9-5-17)40(37,38)23-10-11-23)28(34)33-26-13-6-20(16-32-26)18-2-1-3-19(14-18)29(35)36/h1-9,12-16,23,27H,10-11H2,(H,35,36)(H,32,33,34). The van der Waals surface area contributed by atoms with Crippen LogP contribution >= 0.6 is 0 Å². The van der Waals surface area contributed by atoms with Crippen molar-refractivity contribution < 1.29 is 36.6 Å². The first kappa shape index (κ1) is 26.9. The molecule has 1 amide bonds. The van der Waals surface area contributed by atoms with Gasteiger partial charge in [-0.25, -0.2) is 27.0 Å². The molecule has 8 nitrogen and oxygen atoms in total. The van der Waals surface area contributed by atoms with E-state index in [0.717, 1.165) is 12.1 Å². The molecule has 1 atom stereocenters. The number of pyridine rings is 1. The molecular weight excluding hydrogens is 542 g/mol. The number of carbonyl (C=O) groups excluding carboxylic acids is 1. The highest BCUT2D eigenvalue weighted by atomic mass is 32.2. The molecule has 40 heavy (non-hydrogen) atoms.